The number of benzene rings is 1. The predicted molar refractivity (Wildman–Crippen MR) is 83.3 cm³/mol. The van der Waals surface area contributed by atoms with E-state index >= 15 is 0 Å². The van der Waals surface area contributed by atoms with Gasteiger partial charge >= 0.3 is 0 Å². The minimum atomic E-state index is -3.29. The molecule has 0 aliphatic carbocycles. The third-order valence-corrected chi connectivity index (χ3v) is 5.17. The minimum Gasteiger partial charge on any atom is -0.315 e. The molecule has 1 heterocycles. The van der Waals surface area contributed by atoms with Crippen LogP contribution in [0, 0.1) is 13.8 Å². The van der Waals surface area contributed by atoms with Gasteiger partial charge in [-0.3, -0.25) is 4.79 Å². The molecule has 0 unspecified atom stereocenters. The molecular weight excluding hydrogens is 286 g/mol. The lowest BCUT2D eigenvalue weighted by molar-refractivity contribution is 0.583. The van der Waals surface area contributed by atoms with Gasteiger partial charge in [0, 0.05) is 18.3 Å². The zero-order chi connectivity index (χ0) is 15.5. The molecule has 0 atom stereocenters. The van der Waals surface area contributed by atoms with E-state index in [2.05, 4.69) is 0 Å². The Morgan fingerprint density at radius 2 is 1.86 bits per heavy atom. The SMILES string of the molecule is Cc1cccc(S(=O)(=O)CCCn2cccc(C)c2=O)c1. The fraction of sp³-hybridized carbons (Fsp3) is 0.312. The number of hydrogen-bond donors (Lipinski definition) is 0. The lowest BCUT2D eigenvalue weighted by Gasteiger charge is -2.08. The van der Waals surface area contributed by atoms with Gasteiger partial charge in [-0.05, 0) is 44.0 Å². The van der Waals surface area contributed by atoms with E-state index in [0.29, 0.717) is 23.4 Å². The molecule has 1 aromatic carbocycles. The lowest BCUT2D eigenvalue weighted by atomic mass is 10.2. The van der Waals surface area contributed by atoms with Crippen LogP contribution in [0.25, 0.3) is 0 Å². The highest BCUT2D eigenvalue weighted by atomic mass is 32.2. The monoisotopic (exact) mass is 305 g/mol. The Morgan fingerprint density at radius 3 is 2.57 bits per heavy atom. The highest BCUT2D eigenvalue weighted by Crippen LogP contribution is 2.13. The van der Waals surface area contributed by atoms with Gasteiger partial charge < -0.3 is 4.57 Å². The first-order valence-electron chi connectivity index (χ1n) is 6.85. The maximum Gasteiger partial charge on any atom is 0.253 e. The Labute approximate surface area is 125 Å². The Balaban J connectivity index is 2.06. The average molecular weight is 305 g/mol. The molecule has 1 aromatic heterocycles. The van der Waals surface area contributed by atoms with E-state index in [0.717, 1.165) is 5.56 Å². The topological polar surface area (TPSA) is 56.1 Å². The highest BCUT2D eigenvalue weighted by molar-refractivity contribution is 7.91. The van der Waals surface area contributed by atoms with Gasteiger partial charge in [0.25, 0.3) is 5.56 Å². The molecule has 4 nitrogen and oxygen atoms in total. The number of rotatable bonds is 5. The molecule has 0 spiro atoms. The second kappa shape index (κ2) is 6.26. The van der Waals surface area contributed by atoms with Gasteiger partial charge in [0.15, 0.2) is 9.84 Å². The first-order chi connectivity index (χ1) is 9.90. The fourth-order valence-electron chi connectivity index (χ4n) is 2.18. The van der Waals surface area contributed by atoms with E-state index < -0.39 is 9.84 Å². The van der Waals surface area contributed by atoms with Crippen molar-refractivity contribution in [1.82, 2.24) is 4.57 Å². The van der Waals surface area contributed by atoms with Gasteiger partial charge in [0.2, 0.25) is 0 Å². The maximum absolute atomic E-state index is 12.2. The van der Waals surface area contributed by atoms with Crippen molar-refractivity contribution in [3.63, 3.8) is 0 Å². The summed E-state index contributed by atoms with van der Waals surface area (Å²) >= 11 is 0. The van der Waals surface area contributed by atoms with Crippen molar-refractivity contribution in [2.24, 2.45) is 0 Å². The molecule has 2 rings (SSSR count). The molecule has 0 aliphatic heterocycles. The maximum atomic E-state index is 12.2. The smallest absolute Gasteiger partial charge is 0.253 e. The van der Waals surface area contributed by atoms with Crippen molar-refractivity contribution < 1.29 is 8.42 Å². The van der Waals surface area contributed by atoms with Gasteiger partial charge in [0.05, 0.1) is 10.6 Å². The summed E-state index contributed by atoms with van der Waals surface area (Å²) in [4.78, 5) is 12.2. The molecule has 0 bridgehead atoms. The molecule has 0 saturated heterocycles. The Kier molecular flexibility index (Phi) is 4.63. The third-order valence-electron chi connectivity index (χ3n) is 3.37. The van der Waals surface area contributed by atoms with Gasteiger partial charge in [-0.15, -0.1) is 0 Å². The third kappa shape index (κ3) is 3.82. The Hall–Kier alpha value is -1.88. The number of nitrogens with zero attached hydrogens (tertiary/aromatic N) is 1. The summed E-state index contributed by atoms with van der Waals surface area (Å²) < 4.78 is 26.0. The molecule has 0 fully saturated rings. The van der Waals surface area contributed by atoms with Crippen molar-refractivity contribution in [2.75, 3.05) is 5.75 Å². The van der Waals surface area contributed by atoms with Crippen LogP contribution in [0.1, 0.15) is 17.5 Å². The van der Waals surface area contributed by atoms with E-state index in [4.69, 9.17) is 0 Å². The van der Waals surface area contributed by atoms with Gasteiger partial charge in [-0.25, -0.2) is 8.42 Å². The van der Waals surface area contributed by atoms with Crippen molar-refractivity contribution in [1.29, 1.82) is 0 Å². The van der Waals surface area contributed by atoms with Crippen LogP contribution in [0.3, 0.4) is 0 Å². The summed E-state index contributed by atoms with van der Waals surface area (Å²) in [6.07, 6.45) is 2.11. The number of sulfone groups is 1. The molecular formula is C16H19NO3S. The van der Waals surface area contributed by atoms with Crippen LogP contribution in [0.4, 0.5) is 0 Å². The van der Waals surface area contributed by atoms with Crippen molar-refractivity contribution in [3.05, 3.63) is 64.1 Å². The second-order valence-electron chi connectivity index (χ2n) is 5.18. The summed E-state index contributed by atoms with van der Waals surface area (Å²) in [5.74, 6) is 0.0385. The molecule has 0 saturated carbocycles. The Bertz CT molecular complexity index is 791. The van der Waals surface area contributed by atoms with Crippen LogP contribution in [0.2, 0.25) is 0 Å². The fourth-order valence-corrected chi connectivity index (χ4v) is 3.58. The van der Waals surface area contributed by atoms with E-state index in [1.807, 2.05) is 13.0 Å². The Morgan fingerprint density at radius 1 is 1.10 bits per heavy atom. The molecule has 21 heavy (non-hydrogen) atoms. The largest absolute Gasteiger partial charge is 0.315 e. The van der Waals surface area contributed by atoms with Crippen LogP contribution in [0.15, 0.2) is 52.3 Å². The summed E-state index contributed by atoms with van der Waals surface area (Å²) in [7, 11) is -3.29. The van der Waals surface area contributed by atoms with E-state index in [1.54, 1.807) is 48.0 Å². The summed E-state index contributed by atoms with van der Waals surface area (Å²) in [6, 6.07) is 10.4. The van der Waals surface area contributed by atoms with Gasteiger partial charge in [-0.1, -0.05) is 18.2 Å². The minimum absolute atomic E-state index is 0.0385. The van der Waals surface area contributed by atoms with Gasteiger partial charge in [0.1, 0.15) is 0 Å². The number of hydrogen-bond acceptors (Lipinski definition) is 3. The van der Waals surface area contributed by atoms with Crippen LogP contribution < -0.4 is 5.56 Å². The van der Waals surface area contributed by atoms with Crippen molar-refractivity contribution in [3.8, 4) is 0 Å². The average Bonchev–Trinajstić information content (AvgIpc) is 2.43. The van der Waals surface area contributed by atoms with E-state index in [-0.39, 0.29) is 11.3 Å². The van der Waals surface area contributed by atoms with Crippen molar-refractivity contribution in [2.45, 2.75) is 31.7 Å². The van der Waals surface area contributed by atoms with E-state index in [9.17, 15) is 13.2 Å². The molecule has 0 radical (unpaired) electrons. The number of aryl methyl sites for hydroxylation is 3. The number of pyridine rings is 1. The first kappa shape index (κ1) is 15.5. The summed E-state index contributed by atoms with van der Waals surface area (Å²) in [5, 5.41) is 0. The van der Waals surface area contributed by atoms with Gasteiger partial charge in [-0.2, -0.15) is 0 Å². The normalized spacial score (nSPS) is 11.5. The molecule has 2 aromatic rings. The molecule has 5 heteroatoms. The number of aromatic nitrogens is 1. The first-order valence-corrected chi connectivity index (χ1v) is 8.51. The molecule has 0 N–H and O–H groups in total. The summed E-state index contributed by atoms with van der Waals surface area (Å²) in [5.41, 5.74) is 1.52. The zero-order valence-electron chi connectivity index (χ0n) is 12.2. The van der Waals surface area contributed by atoms with Crippen LogP contribution in [-0.4, -0.2) is 18.7 Å². The molecule has 112 valence electrons. The highest BCUT2D eigenvalue weighted by Gasteiger charge is 2.14. The zero-order valence-corrected chi connectivity index (χ0v) is 13.1. The quantitative estimate of drug-likeness (QED) is 0.852. The standard InChI is InChI=1S/C16H19NO3S/c1-13-6-3-8-15(12-13)21(19,20)11-5-10-17-9-4-7-14(2)16(17)18/h3-4,6-9,12H,5,10-11H2,1-2H3. The molecule has 0 aliphatic rings. The second-order valence-corrected chi connectivity index (χ2v) is 7.29. The van der Waals surface area contributed by atoms with Crippen molar-refractivity contribution >= 4 is 9.84 Å². The van der Waals surface area contributed by atoms with E-state index in [1.165, 1.54) is 0 Å². The lowest BCUT2D eigenvalue weighted by Crippen LogP contribution is -2.22. The van der Waals surface area contributed by atoms with Crippen LogP contribution in [-0.2, 0) is 16.4 Å². The van der Waals surface area contributed by atoms with Crippen LogP contribution in [0.5, 0.6) is 0 Å². The predicted octanol–water partition coefficient (Wildman–Crippen LogP) is 2.33. The summed E-state index contributed by atoms with van der Waals surface area (Å²) in [6.45, 7) is 4.03. The van der Waals surface area contributed by atoms with Crippen LogP contribution >= 0.6 is 0 Å². The molecule has 0 amide bonds.